The molecule has 0 aliphatic rings. The summed E-state index contributed by atoms with van der Waals surface area (Å²) in [6, 6.07) is 5.98. The number of benzene rings is 1. The Labute approximate surface area is 165 Å². The number of hydrogen-bond acceptors (Lipinski definition) is 7. The van der Waals surface area contributed by atoms with Crippen LogP contribution in [0.15, 0.2) is 24.3 Å². The van der Waals surface area contributed by atoms with Crippen molar-refractivity contribution in [2.24, 2.45) is 0 Å². The summed E-state index contributed by atoms with van der Waals surface area (Å²) in [5.41, 5.74) is 0.458. The number of carbonyl (C=O) groups is 2. The van der Waals surface area contributed by atoms with Gasteiger partial charge in [0.2, 0.25) is 3.79 Å². The highest BCUT2D eigenvalue weighted by Gasteiger charge is 2.25. The molecule has 0 aliphatic carbocycles. The molecular formula is C14H16Cl3NO7S. The van der Waals surface area contributed by atoms with Gasteiger partial charge in [0.05, 0.1) is 6.54 Å². The first-order valence-corrected chi connectivity index (χ1v) is 9.58. The molecule has 1 atom stereocenters. The van der Waals surface area contributed by atoms with Gasteiger partial charge in [-0.1, -0.05) is 46.9 Å². The highest BCUT2D eigenvalue weighted by Crippen LogP contribution is 2.26. The summed E-state index contributed by atoms with van der Waals surface area (Å²) in [6.07, 6.45) is -0.954. The monoisotopic (exact) mass is 447 g/mol. The lowest BCUT2D eigenvalue weighted by Gasteiger charge is -2.19. The highest BCUT2D eigenvalue weighted by molar-refractivity contribution is 7.84. The summed E-state index contributed by atoms with van der Waals surface area (Å²) < 4.78 is 38.2. The van der Waals surface area contributed by atoms with Crippen molar-refractivity contribution in [2.75, 3.05) is 13.2 Å². The fourth-order valence-electron chi connectivity index (χ4n) is 1.71. The molecule has 0 fully saturated rings. The average molecular weight is 449 g/mol. The minimum absolute atomic E-state index is 0.286. The first kappa shape index (κ1) is 22.9. The van der Waals surface area contributed by atoms with Gasteiger partial charge in [-0.15, -0.1) is 0 Å². The number of ether oxygens (including phenoxy) is 2. The third kappa shape index (κ3) is 9.56. The summed E-state index contributed by atoms with van der Waals surface area (Å²) in [7, 11) is -4.24. The van der Waals surface area contributed by atoms with Crippen LogP contribution in [-0.4, -0.2) is 37.3 Å². The van der Waals surface area contributed by atoms with E-state index >= 15 is 0 Å². The molecule has 146 valence electrons. The second-order valence-corrected chi connectivity index (χ2v) is 8.89. The maximum absolute atomic E-state index is 11.8. The molecule has 1 unspecified atom stereocenters. The summed E-state index contributed by atoms with van der Waals surface area (Å²) in [5, 5.41) is 0. The van der Waals surface area contributed by atoms with Crippen LogP contribution in [0, 0.1) is 0 Å². The second-order valence-electron chi connectivity index (χ2n) is 4.94. The largest absolute Gasteiger partial charge is 0.456 e. The van der Waals surface area contributed by atoms with Crippen molar-refractivity contribution in [1.82, 2.24) is 4.72 Å². The molecule has 0 amide bonds. The average Bonchev–Trinajstić information content (AvgIpc) is 2.49. The van der Waals surface area contributed by atoms with E-state index in [9.17, 15) is 18.0 Å². The van der Waals surface area contributed by atoms with Crippen molar-refractivity contribution in [3.05, 3.63) is 29.8 Å². The van der Waals surface area contributed by atoms with E-state index in [2.05, 4.69) is 8.91 Å². The van der Waals surface area contributed by atoms with E-state index in [4.69, 9.17) is 44.3 Å². The zero-order valence-corrected chi connectivity index (χ0v) is 16.8. The maximum atomic E-state index is 11.8. The normalized spacial score (nSPS) is 13.1. The molecular weight excluding hydrogens is 433 g/mol. The Hall–Kier alpha value is -1.10. The SMILES string of the molecule is CC(=O)Oc1ccc(C(CNS(=O)(=O)OCC(Cl)(Cl)Cl)OC(C)=O)cc1. The van der Waals surface area contributed by atoms with Gasteiger partial charge in [-0.05, 0) is 17.7 Å². The molecule has 0 spiro atoms. The fraction of sp³-hybridized carbons (Fsp3) is 0.429. The molecule has 1 rings (SSSR count). The van der Waals surface area contributed by atoms with Crippen molar-refractivity contribution >= 4 is 57.0 Å². The molecule has 1 aromatic carbocycles. The number of nitrogens with one attached hydrogen (secondary N) is 1. The fourth-order valence-corrected chi connectivity index (χ4v) is 2.84. The zero-order valence-electron chi connectivity index (χ0n) is 13.7. The molecule has 0 saturated heterocycles. The molecule has 12 heteroatoms. The van der Waals surface area contributed by atoms with Gasteiger partial charge in [-0.3, -0.25) is 13.8 Å². The maximum Gasteiger partial charge on any atom is 0.336 e. The Morgan fingerprint density at radius 2 is 1.69 bits per heavy atom. The van der Waals surface area contributed by atoms with Crippen molar-refractivity contribution in [3.63, 3.8) is 0 Å². The molecule has 26 heavy (non-hydrogen) atoms. The lowest BCUT2D eigenvalue weighted by Crippen LogP contribution is -2.33. The number of carbonyl (C=O) groups excluding carboxylic acids is 2. The lowest BCUT2D eigenvalue weighted by atomic mass is 10.1. The summed E-state index contributed by atoms with van der Waals surface area (Å²) >= 11 is 16.3. The molecule has 0 aliphatic heterocycles. The number of esters is 2. The van der Waals surface area contributed by atoms with Gasteiger partial charge in [0.25, 0.3) is 0 Å². The van der Waals surface area contributed by atoms with Gasteiger partial charge in [0.15, 0.2) is 0 Å². The van der Waals surface area contributed by atoms with E-state index in [0.29, 0.717) is 5.56 Å². The van der Waals surface area contributed by atoms with Crippen LogP contribution in [0.2, 0.25) is 0 Å². The van der Waals surface area contributed by atoms with Gasteiger partial charge < -0.3 is 9.47 Å². The van der Waals surface area contributed by atoms with Gasteiger partial charge >= 0.3 is 22.2 Å². The molecule has 0 heterocycles. The molecule has 0 bridgehead atoms. The first-order chi connectivity index (χ1) is 11.9. The molecule has 1 N–H and O–H groups in total. The Kier molecular flexibility index (Phi) is 8.58. The van der Waals surface area contributed by atoms with Crippen LogP contribution in [0.3, 0.4) is 0 Å². The predicted molar refractivity (Wildman–Crippen MR) is 95.4 cm³/mol. The predicted octanol–water partition coefficient (Wildman–Crippen LogP) is 2.44. The number of halogens is 3. The van der Waals surface area contributed by atoms with Crippen LogP contribution in [0.1, 0.15) is 25.5 Å². The quantitative estimate of drug-likeness (QED) is 0.369. The highest BCUT2D eigenvalue weighted by atomic mass is 35.6. The number of alkyl halides is 3. The molecule has 8 nitrogen and oxygen atoms in total. The van der Waals surface area contributed by atoms with E-state index in [1.165, 1.54) is 38.1 Å². The van der Waals surface area contributed by atoms with Crippen molar-refractivity contribution < 1.29 is 31.7 Å². The van der Waals surface area contributed by atoms with Crippen LogP contribution in [-0.2, 0) is 28.8 Å². The van der Waals surface area contributed by atoms with Crippen molar-refractivity contribution in [3.8, 4) is 5.75 Å². The van der Waals surface area contributed by atoms with Crippen LogP contribution in [0.25, 0.3) is 0 Å². The van der Waals surface area contributed by atoms with Crippen LogP contribution in [0.4, 0.5) is 0 Å². The Bertz CT molecular complexity index is 732. The molecule has 1 aromatic rings. The van der Waals surface area contributed by atoms with Gasteiger partial charge in [0.1, 0.15) is 18.5 Å². The second kappa shape index (κ2) is 9.72. The van der Waals surface area contributed by atoms with E-state index in [0.717, 1.165) is 0 Å². The van der Waals surface area contributed by atoms with E-state index in [1.54, 1.807) is 0 Å². The first-order valence-electron chi connectivity index (χ1n) is 7.04. The minimum atomic E-state index is -4.24. The Morgan fingerprint density at radius 3 is 2.15 bits per heavy atom. The third-order valence-electron chi connectivity index (χ3n) is 2.64. The van der Waals surface area contributed by atoms with E-state index in [1.807, 2.05) is 0 Å². The smallest absolute Gasteiger partial charge is 0.336 e. The summed E-state index contributed by atoms with van der Waals surface area (Å²) in [5.74, 6) is -0.831. The van der Waals surface area contributed by atoms with Crippen LogP contribution < -0.4 is 9.46 Å². The van der Waals surface area contributed by atoms with E-state index < -0.39 is 38.7 Å². The Morgan fingerprint density at radius 1 is 1.12 bits per heavy atom. The standard InChI is InChI=1S/C14H16Cl3NO7S/c1-9(19)24-12-5-3-11(4-6-12)13(25-10(2)20)7-18-26(21,22)23-8-14(15,16)17/h3-6,13,18H,7-8H2,1-2H3. The van der Waals surface area contributed by atoms with Crippen molar-refractivity contribution in [1.29, 1.82) is 0 Å². The topological polar surface area (TPSA) is 108 Å². The lowest BCUT2D eigenvalue weighted by molar-refractivity contribution is -0.146. The van der Waals surface area contributed by atoms with Crippen LogP contribution in [0.5, 0.6) is 5.75 Å². The van der Waals surface area contributed by atoms with Crippen molar-refractivity contribution in [2.45, 2.75) is 23.7 Å². The minimum Gasteiger partial charge on any atom is -0.456 e. The van der Waals surface area contributed by atoms with Gasteiger partial charge in [-0.25, -0.2) is 0 Å². The Balaban J connectivity index is 2.81. The number of rotatable bonds is 8. The molecule has 0 aromatic heterocycles. The number of hydrogen-bond donors (Lipinski definition) is 1. The molecule has 0 radical (unpaired) electrons. The zero-order chi connectivity index (χ0) is 20.0. The van der Waals surface area contributed by atoms with Gasteiger partial charge in [0, 0.05) is 13.8 Å². The summed E-state index contributed by atoms with van der Waals surface area (Å²) in [6.45, 7) is 1.41. The summed E-state index contributed by atoms with van der Waals surface area (Å²) in [4.78, 5) is 22.2. The van der Waals surface area contributed by atoms with Gasteiger partial charge in [-0.2, -0.15) is 13.1 Å². The van der Waals surface area contributed by atoms with E-state index in [-0.39, 0.29) is 12.3 Å². The third-order valence-corrected chi connectivity index (χ3v) is 3.92. The van der Waals surface area contributed by atoms with Crippen LogP contribution >= 0.6 is 34.8 Å². The molecule has 0 saturated carbocycles.